The van der Waals surface area contributed by atoms with Crippen molar-refractivity contribution in [3.8, 4) is 0 Å². The van der Waals surface area contributed by atoms with E-state index in [1.54, 1.807) is 17.0 Å². The zero-order valence-corrected chi connectivity index (χ0v) is 14.4. The maximum absolute atomic E-state index is 13.0. The number of aliphatic hydroxyl groups excluding tert-OH is 1. The van der Waals surface area contributed by atoms with Gasteiger partial charge in [-0.2, -0.15) is 5.10 Å². The van der Waals surface area contributed by atoms with Gasteiger partial charge in [0.05, 0.1) is 6.10 Å². The number of aliphatic hydroxyl groups is 1. The predicted octanol–water partition coefficient (Wildman–Crippen LogP) is 3.09. The summed E-state index contributed by atoms with van der Waals surface area (Å²) in [5.41, 5.74) is 2.16. The van der Waals surface area contributed by atoms with Crippen LogP contribution in [0, 0.1) is 11.7 Å². The lowest BCUT2D eigenvalue weighted by molar-refractivity contribution is 0.0458. The van der Waals surface area contributed by atoms with Crippen molar-refractivity contribution in [1.82, 2.24) is 15.1 Å². The Morgan fingerprint density at radius 3 is 2.68 bits per heavy atom. The molecule has 1 aliphatic heterocycles. The van der Waals surface area contributed by atoms with Crippen LogP contribution >= 0.6 is 0 Å². The fraction of sp³-hybridized carbons (Fsp3) is 0.474. The fourth-order valence-electron chi connectivity index (χ4n) is 3.38. The van der Waals surface area contributed by atoms with E-state index < -0.39 is 6.10 Å². The van der Waals surface area contributed by atoms with Gasteiger partial charge in [-0.25, -0.2) is 4.39 Å². The van der Waals surface area contributed by atoms with Gasteiger partial charge in [0.15, 0.2) is 0 Å². The summed E-state index contributed by atoms with van der Waals surface area (Å²) in [6, 6.07) is 7.80. The van der Waals surface area contributed by atoms with Gasteiger partial charge in [-0.1, -0.05) is 25.5 Å². The third-order valence-electron chi connectivity index (χ3n) is 4.85. The number of amides is 1. The molecular formula is C19H24FN3O2. The lowest BCUT2D eigenvalue weighted by Gasteiger charge is -2.34. The van der Waals surface area contributed by atoms with Gasteiger partial charge in [0, 0.05) is 18.8 Å². The highest BCUT2D eigenvalue weighted by atomic mass is 19.1. The number of carbonyl (C=O) groups is 1. The molecule has 1 aromatic carbocycles. The molecule has 5 nitrogen and oxygen atoms in total. The summed E-state index contributed by atoms with van der Waals surface area (Å²) >= 11 is 0. The number of halogens is 1. The maximum atomic E-state index is 13.0. The van der Waals surface area contributed by atoms with Crippen LogP contribution in [0.4, 0.5) is 4.39 Å². The SMILES string of the molecule is CCCc1cc(C(=O)N2CCC(C(O)c3ccc(F)cc3)CC2)n[nH]1. The number of hydrogen-bond acceptors (Lipinski definition) is 3. The number of aromatic nitrogens is 2. The third-order valence-corrected chi connectivity index (χ3v) is 4.85. The number of aryl methyl sites for hydroxylation is 1. The minimum atomic E-state index is -0.626. The van der Waals surface area contributed by atoms with E-state index in [1.165, 1.54) is 12.1 Å². The second-order valence-corrected chi connectivity index (χ2v) is 6.65. The molecule has 1 unspecified atom stereocenters. The number of rotatable bonds is 5. The van der Waals surface area contributed by atoms with Crippen LogP contribution in [0.1, 0.15) is 54.0 Å². The Bertz CT molecular complexity index is 706. The number of piperidine rings is 1. The number of nitrogens with zero attached hydrogens (tertiary/aromatic N) is 2. The van der Waals surface area contributed by atoms with E-state index in [0.29, 0.717) is 18.8 Å². The summed E-state index contributed by atoms with van der Waals surface area (Å²) in [6.07, 6.45) is 2.70. The van der Waals surface area contributed by atoms with Crippen LogP contribution < -0.4 is 0 Å². The largest absolute Gasteiger partial charge is 0.388 e. The number of carbonyl (C=O) groups excluding carboxylic acids is 1. The first-order valence-electron chi connectivity index (χ1n) is 8.85. The molecule has 1 saturated heterocycles. The highest BCUT2D eigenvalue weighted by molar-refractivity contribution is 5.92. The van der Waals surface area contributed by atoms with E-state index in [1.807, 2.05) is 6.07 Å². The highest BCUT2D eigenvalue weighted by Gasteiger charge is 2.29. The predicted molar refractivity (Wildman–Crippen MR) is 92.6 cm³/mol. The molecule has 0 bridgehead atoms. The van der Waals surface area contributed by atoms with Gasteiger partial charge in [-0.05, 0) is 48.9 Å². The Kier molecular flexibility index (Phi) is 5.48. The average molecular weight is 345 g/mol. The second-order valence-electron chi connectivity index (χ2n) is 6.65. The number of likely N-dealkylation sites (tertiary alicyclic amines) is 1. The van der Waals surface area contributed by atoms with Gasteiger partial charge >= 0.3 is 0 Å². The number of H-pyrrole nitrogens is 1. The molecule has 2 N–H and O–H groups in total. The van der Waals surface area contributed by atoms with Crippen molar-refractivity contribution >= 4 is 5.91 Å². The molecule has 2 heterocycles. The molecule has 6 heteroatoms. The number of benzene rings is 1. The first-order valence-corrected chi connectivity index (χ1v) is 8.85. The summed E-state index contributed by atoms with van der Waals surface area (Å²) in [7, 11) is 0. The summed E-state index contributed by atoms with van der Waals surface area (Å²) in [5.74, 6) is -0.296. The van der Waals surface area contributed by atoms with E-state index in [4.69, 9.17) is 0 Å². The summed E-state index contributed by atoms with van der Waals surface area (Å²) in [5, 5.41) is 17.5. The summed E-state index contributed by atoms with van der Waals surface area (Å²) in [4.78, 5) is 14.3. The van der Waals surface area contributed by atoms with Crippen molar-refractivity contribution < 1.29 is 14.3 Å². The molecule has 2 aromatic rings. The Hall–Kier alpha value is -2.21. The zero-order valence-electron chi connectivity index (χ0n) is 14.4. The molecule has 1 amide bonds. The molecule has 134 valence electrons. The average Bonchev–Trinajstić information content (AvgIpc) is 3.10. The van der Waals surface area contributed by atoms with Crippen molar-refractivity contribution in [1.29, 1.82) is 0 Å². The maximum Gasteiger partial charge on any atom is 0.274 e. The lowest BCUT2D eigenvalue weighted by Crippen LogP contribution is -2.40. The molecule has 1 aromatic heterocycles. The van der Waals surface area contributed by atoms with Crippen LogP contribution in [0.25, 0.3) is 0 Å². The van der Waals surface area contributed by atoms with Crippen molar-refractivity contribution in [3.63, 3.8) is 0 Å². The van der Waals surface area contributed by atoms with Gasteiger partial charge in [0.25, 0.3) is 5.91 Å². The Morgan fingerprint density at radius 2 is 2.04 bits per heavy atom. The van der Waals surface area contributed by atoms with Gasteiger partial charge in [-0.15, -0.1) is 0 Å². The zero-order chi connectivity index (χ0) is 17.8. The second kappa shape index (κ2) is 7.78. The van der Waals surface area contributed by atoms with Crippen LogP contribution in [0.5, 0.6) is 0 Å². The highest BCUT2D eigenvalue weighted by Crippen LogP contribution is 2.31. The summed E-state index contributed by atoms with van der Waals surface area (Å²) in [6.45, 7) is 3.27. The minimum absolute atomic E-state index is 0.0617. The van der Waals surface area contributed by atoms with Crippen molar-refractivity contribution in [2.75, 3.05) is 13.1 Å². The van der Waals surface area contributed by atoms with E-state index in [2.05, 4.69) is 17.1 Å². The van der Waals surface area contributed by atoms with Crippen LogP contribution in [0.15, 0.2) is 30.3 Å². The first kappa shape index (κ1) is 17.6. The van der Waals surface area contributed by atoms with Crippen molar-refractivity contribution in [2.45, 2.75) is 38.7 Å². The van der Waals surface area contributed by atoms with E-state index in [0.717, 1.165) is 36.9 Å². The van der Waals surface area contributed by atoms with Crippen LogP contribution in [-0.4, -0.2) is 39.2 Å². The molecule has 1 fully saturated rings. The number of nitrogens with one attached hydrogen (secondary N) is 1. The topological polar surface area (TPSA) is 69.2 Å². The molecule has 0 radical (unpaired) electrons. The molecule has 1 aliphatic rings. The van der Waals surface area contributed by atoms with E-state index >= 15 is 0 Å². The molecule has 0 aliphatic carbocycles. The quantitative estimate of drug-likeness (QED) is 0.875. The number of hydrogen-bond donors (Lipinski definition) is 2. The lowest BCUT2D eigenvalue weighted by atomic mass is 9.87. The molecular weight excluding hydrogens is 321 g/mol. The molecule has 1 atom stereocenters. The monoisotopic (exact) mass is 345 g/mol. The van der Waals surface area contributed by atoms with E-state index in [-0.39, 0.29) is 17.6 Å². The van der Waals surface area contributed by atoms with Gasteiger partial charge in [0.2, 0.25) is 0 Å². The molecule has 0 spiro atoms. The number of aromatic amines is 1. The minimum Gasteiger partial charge on any atom is -0.388 e. The Labute approximate surface area is 146 Å². The molecule has 0 saturated carbocycles. The van der Waals surface area contributed by atoms with Gasteiger partial charge < -0.3 is 10.0 Å². The fourth-order valence-corrected chi connectivity index (χ4v) is 3.38. The molecule has 25 heavy (non-hydrogen) atoms. The van der Waals surface area contributed by atoms with Crippen LogP contribution in [-0.2, 0) is 6.42 Å². The van der Waals surface area contributed by atoms with Crippen LogP contribution in [0.2, 0.25) is 0 Å². The molecule has 3 rings (SSSR count). The third kappa shape index (κ3) is 4.07. The standard InChI is InChI=1S/C19H24FN3O2/c1-2-3-16-12-17(22-21-16)19(25)23-10-8-14(9-11-23)18(24)13-4-6-15(20)7-5-13/h4-7,12,14,18,24H,2-3,8-11H2,1H3,(H,21,22). The van der Waals surface area contributed by atoms with E-state index in [9.17, 15) is 14.3 Å². The van der Waals surface area contributed by atoms with Gasteiger partial charge in [0.1, 0.15) is 11.5 Å². The normalized spacial score (nSPS) is 16.8. The van der Waals surface area contributed by atoms with Gasteiger partial charge in [-0.3, -0.25) is 9.89 Å². The van der Waals surface area contributed by atoms with Crippen LogP contribution in [0.3, 0.4) is 0 Å². The summed E-state index contributed by atoms with van der Waals surface area (Å²) < 4.78 is 13.0. The first-order chi connectivity index (χ1) is 12.1. The Balaban J connectivity index is 1.57. The van der Waals surface area contributed by atoms with Crippen molar-refractivity contribution in [3.05, 3.63) is 53.1 Å². The smallest absolute Gasteiger partial charge is 0.274 e. The Morgan fingerprint density at radius 1 is 1.36 bits per heavy atom. The van der Waals surface area contributed by atoms with Crippen molar-refractivity contribution in [2.24, 2.45) is 5.92 Å².